The number of aromatic nitrogens is 2. The molecule has 0 N–H and O–H groups in total. The van der Waals surface area contributed by atoms with Crippen LogP contribution in [0.2, 0.25) is 0 Å². The van der Waals surface area contributed by atoms with Gasteiger partial charge in [-0.3, -0.25) is 4.79 Å². The molecule has 0 amide bonds. The van der Waals surface area contributed by atoms with Crippen LogP contribution in [0.3, 0.4) is 0 Å². The van der Waals surface area contributed by atoms with Gasteiger partial charge in [-0.25, -0.2) is 0 Å². The number of ketones is 1. The first-order valence-corrected chi connectivity index (χ1v) is 35.4. The van der Waals surface area contributed by atoms with Crippen molar-refractivity contribution in [2.75, 3.05) is 19.6 Å². The number of carbonyl (C=O) groups is 1. The molecule has 0 saturated heterocycles. The van der Waals surface area contributed by atoms with E-state index in [-0.39, 0.29) is 16.6 Å². The van der Waals surface area contributed by atoms with E-state index in [1.807, 2.05) is 24.3 Å². The van der Waals surface area contributed by atoms with E-state index >= 15 is 4.79 Å². The molecule has 7 nitrogen and oxygen atoms in total. The van der Waals surface area contributed by atoms with E-state index < -0.39 is 0 Å². The summed E-state index contributed by atoms with van der Waals surface area (Å²) in [5, 5.41) is 4.48. The van der Waals surface area contributed by atoms with Crippen LogP contribution in [0.5, 0.6) is 0 Å². The molecule has 492 valence electrons. The summed E-state index contributed by atoms with van der Waals surface area (Å²) in [6, 6.07) is 114. The zero-order chi connectivity index (χ0) is 69.3. The van der Waals surface area contributed by atoms with E-state index in [1.165, 1.54) is 67.3 Å². The third kappa shape index (κ3) is 9.74. The standard InChI is InChI=1S/C95H76N6O/c1-61-25-9-17-33-81(61)98(82-34-18-10-26-62(82)2)69-49-53-85-73(57-69)74-58-70(99(83-35-19-11-27-63(83)3)84-36-20-12-28-64(84)4)50-54-86(74)96(85)67-45-41-65(42-46-67)93(102)66-43-47-68(48-44-66)97-87-55-51-71(100-89-37-21-13-29-77(89)94(5,6)78-30-14-22-38-90(78)100)59-75(87)76-60-72(52-56-88(76)97)101-91-39-23-15-31-79(91)95(7,8)80-32-16-24-40-92(80)101/h9-60H,1-8H3. The second-order valence-electron chi connectivity index (χ2n) is 28.7. The van der Waals surface area contributed by atoms with Gasteiger partial charge in [0.1, 0.15) is 0 Å². The highest BCUT2D eigenvalue weighted by Crippen LogP contribution is 2.55. The third-order valence-corrected chi connectivity index (χ3v) is 22.0. The number of fused-ring (bicyclic) bond motifs is 10. The van der Waals surface area contributed by atoms with E-state index in [0.29, 0.717) is 11.1 Å². The van der Waals surface area contributed by atoms with Gasteiger partial charge in [-0.15, -0.1) is 0 Å². The summed E-state index contributed by atoms with van der Waals surface area (Å²) < 4.78 is 4.72. The summed E-state index contributed by atoms with van der Waals surface area (Å²) in [4.78, 5) is 24.7. The Morgan fingerprint density at radius 1 is 0.275 bits per heavy atom. The summed E-state index contributed by atoms with van der Waals surface area (Å²) in [6.45, 7) is 18.1. The van der Waals surface area contributed by atoms with Gasteiger partial charge in [-0.1, -0.05) is 173 Å². The summed E-state index contributed by atoms with van der Waals surface area (Å²) in [5.74, 6) is -0.0448. The highest BCUT2D eigenvalue weighted by atomic mass is 16.1. The van der Waals surface area contributed by atoms with Crippen molar-refractivity contribution in [2.24, 2.45) is 0 Å². The number of rotatable bonds is 12. The van der Waals surface area contributed by atoms with Crippen LogP contribution in [-0.2, 0) is 10.8 Å². The second kappa shape index (κ2) is 23.9. The number of hydrogen-bond donors (Lipinski definition) is 0. The first-order valence-electron chi connectivity index (χ1n) is 35.4. The van der Waals surface area contributed by atoms with Gasteiger partial charge in [0.25, 0.3) is 0 Å². The van der Waals surface area contributed by atoms with E-state index in [0.717, 1.165) is 100 Å². The average molecular weight is 1320 g/mol. The summed E-state index contributed by atoms with van der Waals surface area (Å²) in [5.41, 5.74) is 30.4. The zero-order valence-electron chi connectivity index (χ0n) is 58.6. The molecule has 7 heteroatoms. The van der Waals surface area contributed by atoms with Crippen LogP contribution >= 0.6 is 0 Å². The molecule has 0 aliphatic carbocycles. The molecule has 0 atom stereocenters. The topological polar surface area (TPSA) is 39.9 Å². The lowest BCUT2D eigenvalue weighted by atomic mass is 9.73. The molecule has 18 rings (SSSR count). The Morgan fingerprint density at radius 3 is 0.833 bits per heavy atom. The predicted octanol–water partition coefficient (Wildman–Crippen LogP) is 25.5. The molecule has 2 aliphatic rings. The van der Waals surface area contributed by atoms with Crippen LogP contribution in [0.1, 0.15) is 88.1 Å². The van der Waals surface area contributed by atoms with Gasteiger partial charge in [0.05, 0.1) is 44.8 Å². The minimum atomic E-state index is -0.195. The van der Waals surface area contributed by atoms with Gasteiger partial charge in [0, 0.05) is 100 Å². The maximum absolute atomic E-state index is 15.0. The Hall–Kier alpha value is -12.5. The van der Waals surface area contributed by atoms with E-state index in [9.17, 15) is 0 Å². The molecule has 14 aromatic carbocycles. The molecule has 102 heavy (non-hydrogen) atoms. The minimum absolute atomic E-state index is 0.0448. The van der Waals surface area contributed by atoms with Gasteiger partial charge in [0.15, 0.2) is 5.78 Å². The Labute approximate surface area is 596 Å². The first kappa shape index (κ1) is 61.8. The molecular formula is C95H76N6O. The van der Waals surface area contributed by atoms with E-state index in [4.69, 9.17) is 0 Å². The molecule has 2 aromatic heterocycles. The fourth-order valence-corrected chi connectivity index (χ4v) is 16.8. The van der Waals surface area contributed by atoms with Crippen molar-refractivity contribution in [3.05, 3.63) is 371 Å². The lowest BCUT2D eigenvalue weighted by molar-refractivity contribution is 0.103. The summed E-state index contributed by atoms with van der Waals surface area (Å²) >= 11 is 0. The fraction of sp³-hybridized carbons (Fsp3) is 0.105. The van der Waals surface area contributed by atoms with Crippen LogP contribution in [0.4, 0.5) is 68.2 Å². The molecule has 2 aliphatic heterocycles. The van der Waals surface area contributed by atoms with E-state index in [1.54, 1.807) is 0 Å². The number of anilines is 12. The monoisotopic (exact) mass is 1320 g/mol. The summed E-state index contributed by atoms with van der Waals surface area (Å²) in [7, 11) is 0. The number of benzene rings is 14. The second-order valence-corrected chi connectivity index (χ2v) is 28.7. The van der Waals surface area contributed by atoms with Crippen LogP contribution in [0, 0.1) is 27.7 Å². The number of carbonyl (C=O) groups excluding carboxylic acids is 1. The van der Waals surface area contributed by atoms with E-state index in [2.05, 4.69) is 375 Å². The zero-order valence-corrected chi connectivity index (χ0v) is 58.6. The molecule has 0 radical (unpaired) electrons. The van der Waals surface area contributed by atoms with Gasteiger partial charge in [-0.2, -0.15) is 0 Å². The number of nitrogens with zero attached hydrogens (tertiary/aromatic N) is 6. The first-order chi connectivity index (χ1) is 49.7. The Bertz CT molecular complexity index is 5560. The minimum Gasteiger partial charge on any atom is -0.310 e. The molecule has 0 saturated carbocycles. The Morgan fingerprint density at radius 2 is 0.529 bits per heavy atom. The molecule has 0 unspecified atom stereocenters. The number of para-hydroxylation sites is 8. The SMILES string of the molecule is Cc1ccccc1N(c1ccc2c(c1)c1cc(N(c3ccccc3C)c3ccccc3C)ccc1n2-c1ccc(C(=O)c2ccc(-n3c4ccc(N5c6ccccc6C(C)(C)c6ccccc65)cc4c4cc(N5c6ccccc6C(C)(C)c6ccccc65)ccc43)cc2)cc1)c1ccccc1C. The van der Waals surface area contributed by atoms with Crippen molar-refractivity contribution in [3.63, 3.8) is 0 Å². The molecular weight excluding hydrogens is 1240 g/mol. The highest BCUT2D eigenvalue weighted by Gasteiger charge is 2.39. The predicted molar refractivity (Wildman–Crippen MR) is 427 cm³/mol. The maximum Gasteiger partial charge on any atom is 0.193 e. The van der Waals surface area contributed by atoms with Crippen molar-refractivity contribution in [3.8, 4) is 11.4 Å². The smallest absolute Gasteiger partial charge is 0.193 e. The van der Waals surface area contributed by atoms with Crippen LogP contribution in [-0.4, -0.2) is 14.9 Å². The molecule has 16 aromatic rings. The van der Waals surface area contributed by atoms with Gasteiger partial charge < -0.3 is 28.7 Å². The quantitative estimate of drug-likeness (QED) is 0.114. The lowest BCUT2D eigenvalue weighted by Gasteiger charge is -2.42. The van der Waals surface area contributed by atoms with Gasteiger partial charge in [0.2, 0.25) is 0 Å². The van der Waals surface area contributed by atoms with Crippen molar-refractivity contribution < 1.29 is 4.79 Å². The lowest BCUT2D eigenvalue weighted by Crippen LogP contribution is -2.30. The molecule has 0 spiro atoms. The highest BCUT2D eigenvalue weighted by molar-refractivity contribution is 6.15. The van der Waals surface area contributed by atoms with Crippen LogP contribution in [0.15, 0.2) is 315 Å². The van der Waals surface area contributed by atoms with Gasteiger partial charge in [-0.05, 0) is 242 Å². The normalized spacial score (nSPS) is 13.5. The van der Waals surface area contributed by atoms with Crippen molar-refractivity contribution in [1.29, 1.82) is 0 Å². The largest absolute Gasteiger partial charge is 0.310 e. The van der Waals surface area contributed by atoms with Crippen molar-refractivity contribution in [1.82, 2.24) is 9.13 Å². The van der Waals surface area contributed by atoms with Crippen LogP contribution in [0.25, 0.3) is 55.0 Å². The van der Waals surface area contributed by atoms with Crippen molar-refractivity contribution in [2.45, 2.75) is 66.2 Å². The number of hydrogen-bond acceptors (Lipinski definition) is 5. The van der Waals surface area contributed by atoms with Gasteiger partial charge >= 0.3 is 0 Å². The fourth-order valence-electron chi connectivity index (χ4n) is 16.8. The van der Waals surface area contributed by atoms with Crippen molar-refractivity contribution >= 4 is 118 Å². The number of aryl methyl sites for hydroxylation is 4. The molecule has 0 fully saturated rings. The Kier molecular flexibility index (Phi) is 14.5. The molecule has 4 heterocycles. The summed E-state index contributed by atoms with van der Waals surface area (Å²) in [6.07, 6.45) is 0. The molecule has 0 bridgehead atoms. The average Bonchev–Trinajstić information content (AvgIpc) is 1.32. The Balaban J connectivity index is 0.743. The third-order valence-electron chi connectivity index (χ3n) is 22.0. The maximum atomic E-state index is 15.0. The van der Waals surface area contributed by atoms with Crippen LogP contribution < -0.4 is 19.6 Å².